The highest BCUT2D eigenvalue weighted by molar-refractivity contribution is 14.1. The lowest BCUT2D eigenvalue weighted by molar-refractivity contribution is 0.0697. The minimum absolute atomic E-state index is 0.0101. The van der Waals surface area contributed by atoms with Gasteiger partial charge in [0.15, 0.2) is 0 Å². The van der Waals surface area contributed by atoms with E-state index in [2.05, 4.69) is 0 Å². The second kappa shape index (κ2) is 4.69. The number of hydrogen-bond donors (Lipinski definition) is 1. The van der Waals surface area contributed by atoms with E-state index in [4.69, 9.17) is 5.11 Å². The van der Waals surface area contributed by atoms with E-state index in [1.54, 1.807) is 12.1 Å². The van der Waals surface area contributed by atoms with Gasteiger partial charge in [-0.3, -0.25) is 4.31 Å². The van der Waals surface area contributed by atoms with Gasteiger partial charge in [0.05, 0.1) is 17.0 Å². The van der Waals surface area contributed by atoms with Gasteiger partial charge in [-0.25, -0.2) is 13.2 Å². The molecular weight excluding hydrogens is 369 g/mol. The molecule has 1 aliphatic heterocycles. The van der Waals surface area contributed by atoms with E-state index in [1.165, 1.54) is 10.4 Å². The molecule has 5 nitrogen and oxygen atoms in total. The first-order valence-corrected chi connectivity index (χ1v) is 8.03. The van der Waals surface area contributed by atoms with Crippen molar-refractivity contribution in [3.63, 3.8) is 0 Å². The van der Waals surface area contributed by atoms with Crippen molar-refractivity contribution in [1.82, 2.24) is 0 Å². The van der Waals surface area contributed by atoms with E-state index in [9.17, 15) is 13.2 Å². The number of halogens is 1. The van der Waals surface area contributed by atoms with Crippen LogP contribution in [0.4, 0.5) is 5.69 Å². The second-order valence-electron chi connectivity index (χ2n) is 4.38. The van der Waals surface area contributed by atoms with Gasteiger partial charge in [0.25, 0.3) is 0 Å². The summed E-state index contributed by atoms with van der Waals surface area (Å²) in [6, 6.07) is 4.75. The molecule has 0 aliphatic carbocycles. The average molecular weight is 381 g/mol. The predicted molar refractivity (Wildman–Crippen MR) is 76.4 cm³/mol. The van der Waals surface area contributed by atoms with Gasteiger partial charge < -0.3 is 5.11 Å². The molecule has 1 aliphatic rings. The van der Waals surface area contributed by atoms with Crippen LogP contribution in [0.5, 0.6) is 0 Å². The summed E-state index contributed by atoms with van der Waals surface area (Å²) in [5.74, 6) is -1.04. The van der Waals surface area contributed by atoms with Gasteiger partial charge in [-0.15, -0.1) is 0 Å². The Balaban J connectivity index is 2.55. The Bertz CT molecular complexity index is 599. The summed E-state index contributed by atoms with van der Waals surface area (Å²) in [4.78, 5) is 11.2. The molecule has 0 saturated carbocycles. The van der Waals surface area contributed by atoms with Crippen molar-refractivity contribution in [2.45, 2.75) is 6.92 Å². The van der Waals surface area contributed by atoms with Crippen molar-refractivity contribution in [2.75, 3.05) is 16.6 Å². The zero-order valence-corrected chi connectivity index (χ0v) is 12.6. The maximum Gasteiger partial charge on any atom is 0.337 e. The van der Waals surface area contributed by atoms with Crippen LogP contribution >= 0.6 is 22.6 Å². The first-order valence-electron chi connectivity index (χ1n) is 5.34. The van der Waals surface area contributed by atoms with Crippen molar-refractivity contribution in [2.24, 2.45) is 5.92 Å². The molecule has 1 saturated heterocycles. The molecule has 0 bridgehead atoms. The van der Waals surface area contributed by atoms with E-state index in [0.717, 1.165) is 3.57 Å². The SMILES string of the molecule is CC1CN(c2ccc(I)cc2C(=O)O)S(=O)(=O)C1. The molecule has 1 heterocycles. The topological polar surface area (TPSA) is 74.7 Å². The number of carbonyl (C=O) groups is 1. The lowest BCUT2D eigenvalue weighted by Gasteiger charge is -2.19. The lowest BCUT2D eigenvalue weighted by atomic mass is 10.1. The molecule has 1 atom stereocenters. The third kappa shape index (κ3) is 2.46. The van der Waals surface area contributed by atoms with Crippen LogP contribution in [0.25, 0.3) is 0 Å². The predicted octanol–water partition coefficient (Wildman–Crippen LogP) is 1.78. The fraction of sp³-hybridized carbons (Fsp3) is 0.364. The van der Waals surface area contributed by atoms with E-state index in [0.29, 0.717) is 6.54 Å². The zero-order valence-electron chi connectivity index (χ0n) is 9.63. The third-order valence-electron chi connectivity index (χ3n) is 2.77. The number of aromatic carboxylic acids is 1. The summed E-state index contributed by atoms with van der Waals surface area (Å²) in [5, 5.41) is 9.16. The molecule has 0 aromatic heterocycles. The maximum absolute atomic E-state index is 12.0. The zero-order chi connectivity index (χ0) is 13.5. The molecule has 98 valence electrons. The Kier molecular flexibility index (Phi) is 3.54. The van der Waals surface area contributed by atoms with Gasteiger partial charge in [-0.2, -0.15) is 0 Å². The molecule has 1 N–H and O–H groups in total. The number of anilines is 1. The number of hydrogen-bond acceptors (Lipinski definition) is 3. The minimum Gasteiger partial charge on any atom is -0.478 e. The highest BCUT2D eigenvalue weighted by atomic mass is 127. The van der Waals surface area contributed by atoms with Gasteiger partial charge in [-0.1, -0.05) is 6.92 Å². The summed E-state index contributed by atoms with van der Waals surface area (Å²) < 4.78 is 25.9. The fourth-order valence-electron chi connectivity index (χ4n) is 2.04. The first-order chi connectivity index (χ1) is 8.31. The summed E-state index contributed by atoms with van der Waals surface area (Å²) >= 11 is 2.00. The number of carboxylic acids is 1. The molecule has 1 unspecified atom stereocenters. The van der Waals surface area contributed by atoms with Gasteiger partial charge in [-0.05, 0) is 46.7 Å². The first kappa shape index (κ1) is 13.6. The molecular formula is C11H12INO4S. The number of benzene rings is 1. The van der Waals surface area contributed by atoms with Crippen molar-refractivity contribution in [1.29, 1.82) is 0 Å². The monoisotopic (exact) mass is 381 g/mol. The maximum atomic E-state index is 12.0. The van der Waals surface area contributed by atoms with Gasteiger partial charge in [0, 0.05) is 10.1 Å². The van der Waals surface area contributed by atoms with Gasteiger partial charge in [0.2, 0.25) is 10.0 Å². The Morgan fingerprint density at radius 2 is 2.17 bits per heavy atom. The Labute approximate surface area is 119 Å². The molecule has 7 heteroatoms. The van der Waals surface area contributed by atoms with Crippen LogP contribution in [0.2, 0.25) is 0 Å². The van der Waals surface area contributed by atoms with Crippen LogP contribution in [0.3, 0.4) is 0 Å². The summed E-state index contributed by atoms with van der Waals surface area (Å²) in [6.45, 7) is 2.17. The summed E-state index contributed by atoms with van der Waals surface area (Å²) in [7, 11) is -3.39. The minimum atomic E-state index is -3.39. The third-order valence-corrected chi connectivity index (χ3v) is 5.44. The molecule has 0 amide bonds. The molecule has 0 radical (unpaired) electrons. The fourth-order valence-corrected chi connectivity index (χ4v) is 4.48. The highest BCUT2D eigenvalue weighted by Crippen LogP contribution is 2.30. The lowest BCUT2D eigenvalue weighted by Crippen LogP contribution is -2.27. The molecule has 18 heavy (non-hydrogen) atoms. The molecule has 2 rings (SSSR count). The normalized spacial score (nSPS) is 22.1. The van der Waals surface area contributed by atoms with Crippen LogP contribution < -0.4 is 4.31 Å². The largest absolute Gasteiger partial charge is 0.478 e. The van der Waals surface area contributed by atoms with E-state index < -0.39 is 16.0 Å². The quantitative estimate of drug-likeness (QED) is 0.793. The van der Waals surface area contributed by atoms with Crippen molar-refractivity contribution >= 4 is 44.3 Å². The van der Waals surface area contributed by atoms with Gasteiger partial charge >= 0.3 is 5.97 Å². The van der Waals surface area contributed by atoms with Crippen LogP contribution in [-0.2, 0) is 10.0 Å². The number of rotatable bonds is 2. The smallest absolute Gasteiger partial charge is 0.337 e. The highest BCUT2D eigenvalue weighted by Gasteiger charge is 2.35. The standard InChI is InChI=1S/C11H12INO4S/c1-7-5-13(18(16,17)6-7)10-3-2-8(12)4-9(10)11(14)15/h2-4,7H,5-6H2,1H3,(H,14,15). The Morgan fingerprint density at radius 1 is 1.50 bits per heavy atom. The van der Waals surface area contributed by atoms with E-state index >= 15 is 0 Å². The molecule has 1 aromatic carbocycles. The van der Waals surface area contributed by atoms with Crippen molar-refractivity contribution in [3.8, 4) is 0 Å². The summed E-state index contributed by atoms with van der Waals surface area (Å²) in [6.07, 6.45) is 0. The Hall–Kier alpha value is -0.830. The molecule has 0 spiro atoms. The second-order valence-corrected chi connectivity index (χ2v) is 7.57. The Morgan fingerprint density at radius 3 is 2.67 bits per heavy atom. The van der Waals surface area contributed by atoms with Crippen LogP contribution in [0.1, 0.15) is 17.3 Å². The molecule has 1 fully saturated rings. The van der Waals surface area contributed by atoms with Gasteiger partial charge in [0.1, 0.15) is 0 Å². The van der Waals surface area contributed by atoms with Crippen LogP contribution in [0, 0.1) is 9.49 Å². The van der Waals surface area contributed by atoms with Crippen molar-refractivity contribution < 1.29 is 18.3 Å². The van der Waals surface area contributed by atoms with Crippen LogP contribution in [0.15, 0.2) is 18.2 Å². The molecule has 1 aromatic rings. The number of nitrogens with zero attached hydrogens (tertiary/aromatic N) is 1. The van der Waals surface area contributed by atoms with Crippen molar-refractivity contribution in [3.05, 3.63) is 27.3 Å². The average Bonchev–Trinajstić information content (AvgIpc) is 2.51. The summed E-state index contributed by atoms with van der Waals surface area (Å²) in [5.41, 5.74) is 0.284. The van der Waals surface area contributed by atoms with E-state index in [-0.39, 0.29) is 22.9 Å². The van der Waals surface area contributed by atoms with Crippen LogP contribution in [-0.4, -0.2) is 31.8 Å². The van der Waals surface area contributed by atoms with E-state index in [1.807, 2.05) is 29.5 Å². The number of carboxylic acid groups (broad SMARTS) is 1. The number of sulfonamides is 1.